The second-order valence-electron chi connectivity index (χ2n) is 5.31. The number of carbonyl (C=O) groups is 1. The minimum absolute atomic E-state index is 0.0281. The number of pyridine rings is 1. The lowest BCUT2D eigenvalue weighted by atomic mass is 10.00. The van der Waals surface area contributed by atoms with E-state index in [1.807, 2.05) is 4.90 Å². The van der Waals surface area contributed by atoms with Crippen molar-refractivity contribution in [3.63, 3.8) is 0 Å². The van der Waals surface area contributed by atoms with Crippen LogP contribution in [0.15, 0.2) is 24.5 Å². The fourth-order valence-corrected chi connectivity index (χ4v) is 2.94. The highest BCUT2D eigenvalue weighted by Crippen LogP contribution is 2.23. The normalized spacial score (nSPS) is 19.4. The molecule has 1 aliphatic rings. The van der Waals surface area contributed by atoms with Crippen molar-refractivity contribution < 1.29 is 9.90 Å². The summed E-state index contributed by atoms with van der Waals surface area (Å²) in [6, 6.07) is 3.62. The summed E-state index contributed by atoms with van der Waals surface area (Å²) in [5.41, 5.74) is 0.841. The molecule has 1 N–H and O–H groups in total. The fourth-order valence-electron chi connectivity index (χ4n) is 2.94. The van der Waals surface area contributed by atoms with Crippen molar-refractivity contribution in [2.75, 3.05) is 6.54 Å². The smallest absolute Gasteiger partial charge is 0.274 e. The first kappa shape index (κ1) is 13.0. The van der Waals surface area contributed by atoms with Crippen molar-refractivity contribution >= 4 is 11.6 Å². The minimum atomic E-state index is -0.0281. The summed E-state index contributed by atoms with van der Waals surface area (Å²) in [5.74, 6) is 0.0666. The van der Waals surface area contributed by atoms with Crippen LogP contribution in [-0.4, -0.2) is 37.9 Å². The van der Waals surface area contributed by atoms with E-state index >= 15 is 0 Å². The van der Waals surface area contributed by atoms with Crippen LogP contribution in [0, 0.1) is 0 Å². The Morgan fingerprint density at radius 3 is 3.10 bits per heavy atom. The third-order valence-electron chi connectivity index (χ3n) is 4.04. The Kier molecular flexibility index (Phi) is 3.34. The molecule has 5 heteroatoms. The molecule has 2 aromatic heterocycles. The van der Waals surface area contributed by atoms with Crippen LogP contribution >= 0.6 is 0 Å². The van der Waals surface area contributed by atoms with E-state index in [0.29, 0.717) is 17.4 Å². The Morgan fingerprint density at radius 2 is 2.35 bits per heavy atom. The number of aromatic nitrogens is 2. The molecular weight excluding hydrogens is 254 g/mol. The SMILES string of the molecule is CCC1CCCCN1C(=O)c1cn2cccc(O)c2n1. The van der Waals surface area contributed by atoms with Crippen molar-refractivity contribution in [1.82, 2.24) is 14.3 Å². The van der Waals surface area contributed by atoms with Gasteiger partial charge in [0.25, 0.3) is 5.91 Å². The third kappa shape index (κ3) is 2.13. The van der Waals surface area contributed by atoms with Crippen LogP contribution in [0.3, 0.4) is 0 Å². The summed E-state index contributed by atoms with van der Waals surface area (Å²) in [4.78, 5) is 18.8. The molecule has 1 saturated heterocycles. The molecule has 106 valence electrons. The zero-order chi connectivity index (χ0) is 14.1. The zero-order valence-electron chi connectivity index (χ0n) is 11.6. The monoisotopic (exact) mass is 273 g/mol. The summed E-state index contributed by atoms with van der Waals surface area (Å²) in [6.45, 7) is 2.92. The number of aromatic hydroxyl groups is 1. The molecule has 0 aromatic carbocycles. The highest BCUT2D eigenvalue weighted by Gasteiger charge is 2.27. The Labute approximate surface area is 117 Å². The van der Waals surface area contributed by atoms with Gasteiger partial charge >= 0.3 is 0 Å². The lowest BCUT2D eigenvalue weighted by Gasteiger charge is -2.34. The number of hydrogen-bond donors (Lipinski definition) is 1. The van der Waals surface area contributed by atoms with Crippen LogP contribution < -0.4 is 0 Å². The van der Waals surface area contributed by atoms with Crippen LogP contribution in [0.25, 0.3) is 5.65 Å². The third-order valence-corrected chi connectivity index (χ3v) is 4.04. The average Bonchev–Trinajstić information content (AvgIpc) is 2.92. The number of fused-ring (bicyclic) bond motifs is 1. The van der Waals surface area contributed by atoms with Crippen molar-refractivity contribution in [1.29, 1.82) is 0 Å². The van der Waals surface area contributed by atoms with Gasteiger partial charge in [-0.2, -0.15) is 0 Å². The lowest BCUT2D eigenvalue weighted by molar-refractivity contribution is 0.0602. The van der Waals surface area contributed by atoms with Gasteiger partial charge in [0.2, 0.25) is 0 Å². The molecule has 2 aromatic rings. The predicted molar refractivity (Wildman–Crippen MR) is 75.8 cm³/mol. The van der Waals surface area contributed by atoms with E-state index in [1.54, 1.807) is 28.9 Å². The molecule has 3 rings (SSSR count). The lowest BCUT2D eigenvalue weighted by Crippen LogP contribution is -2.43. The highest BCUT2D eigenvalue weighted by atomic mass is 16.3. The maximum absolute atomic E-state index is 12.6. The Morgan fingerprint density at radius 1 is 1.50 bits per heavy atom. The van der Waals surface area contributed by atoms with Crippen molar-refractivity contribution in [3.05, 3.63) is 30.2 Å². The second kappa shape index (κ2) is 5.15. The van der Waals surface area contributed by atoms with Gasteiger partial charge in [0.15, 0.2) is 11.4 Å². The number of nitrogens with zero attached hydrogens (tertiary/aromatic N) is 3. The van der Waals surface area contributed by atoms with Gasteiger partial charge in [0.1, 0.15) is 5.69 Å². The first-order valence-corrected chi connectivity index (χ1v) is 7.18. The summed E-state index contributed by atoms with van der Waals surface area (Å²) >= 11 is 0. The van der Waals surface area contributed by atoms with Crippen molar-refractivity contribution in [2.24, 2.45) is 0 Å². The van der Waals surface area contributed by atoms with Crippen LogP contribution in [0.4, 0.5) is 0 Å². The van der Waals surface area contributed by atoms with Crippen molar-refractivity contribution in [3.8, 4) is 5.75 Å². The molecule has 1 fully saturated rings. The Hall–Kier alpha value is -2.04. The largest absolute Gasteiger partial charge is 0.504 e. The first-order valence-electron chi connectivity index (χ1n) is 7.18. The Balaban J connectivity index is 1.93. The first-order chi connectivity index (χ1) is 9.70. The molecule has 1 amide bonds. The molecule has 0 spiro atoms. The number of rotatable bonds is 2. The number of likely N-dealkylation sites (tertiary alicyclic amines) is 1. The maximum Gasteiger partial charge on any atom is 0.274 e. The van der Waals surface area contributed by atoms with Gasteiger partial charge in [-0.1, -0.05) is 6.92 Å². The molecule has 5 nitrogen and oxygen atoms in total. The van der Waals surface area contributed by atoms with E-state index in [1.165, 1.54) is 6.42 Å². The van der Waals surface area contributed by atoms with Gasteiger partial charge in [-0.3, -0.25) is 4.79 Å². The second-order valence-corrected chi connectivity index (χ2v) is 5.31. The molecule has 1 aliphatic heterocycles. The topological polar surface area (TPSA) is 57.8 Å². The van der Waals surface area contributed by atoms with Crippen LogP contribution in [-0.2, 0) is 0 Å². The predicted octanol–water partition coefficient (Wildman–Crippen LogP) is 2.44. The van der Waals surface area contributed by atoms with Gasteiger partial charge in [0, 0.05) is 25.0 Å². The highest BCUT2D eigenvalue weighted by molar-refractivity contribution is 5.93. The molecule has 0 aliphatic carbocycles. The zero-order valence-corrected chi connectivity index (χ0v) is 11.6. The quantitative estimate of drug-likeness (QED) is 0.914. The van der Waals surface area contributed by atoms with Gasteiger partial charge in [0.05, 0.1) is 0 Å². The van der Waals surface area contributed by atoms with Crippen molar-refractivity contribution in [2.45, 2.75) is 38.6 Å². The Bertz CT molecular complexity index is 635. The standard InChI is InChI=1S/C15H19N3O2/c1-2-11-6-3-4-9-18(11)15(20)12-10-17-8-5-7-13(19)14(17)16-12/h5,7-8,10-11,19H,2-4,6,9H2,1H3. The molecule has 0 bridgehead atoms. The average molecular weight is 273 g/mol. The van der Waals surface area contributed by atoms with Gasteiger partial charge in [-0.25, -0.2) is 4.98 Å². The molecule has 0 saturated carbocycles. The van der Waals surface area contributed by atoms with E-state index < -0.39 is 0 Å². The summed E-state index contributed by atoms with van der Waals surface area (Å²) < 4.78 is 1.69. The number of piperidine rings is 1. The number of carbonyl (C=O) groups excluding carboxylic acids is 1. The molecule has 3 heterocycles. The van der Waals surface area contributed by atoms with Gasteiger partial charge in [-0.15, -0.1) is 0 Å². The summed E-state index contributed by atoms with van der Waals surface area (Å²) in [7, 11) is 0. The summed E-state index contributed by atoms with van der Waals surface area (Å²) in [5, 5.41) is 9.77. The maximum atomic E-state index is 12.6. The van der Waals surface area contributed by atoms with E-state index in [-0.39, 0.29) is 11.7 Å². The van der Waals surface area contributed by atoms with E-state index in [9.17, 15) is 9.90 Å². The number of hydrogen-bond acceptors (Lipinski definition) is 3. The number of imidazole rings is 1. The van der Waals surface area contributed by atoms with Crippen LogP contribution in [0.5, 0.6) is 5.75 Å². The number of amides is 1. The van der Waals surface area contributed by atoms with E-state index in [4.69, 9.17) is 0 Å². The molecule has 0 radical (unpaired) electrons. The molecule has 1 unspecified atom stereocenters. The van der Waals surface area contributed by atoms with E-state index in [2.05, 4.69) is 11.9 Å². The summed E-state index contributed by atoms with van der Waals surface area (Å²) in [6.07, 6.45) is 7.77. The van der Waals surface area contributed by atoms with Crippen LogP contribution in [0.1, 0.15) is 43.1 Å². The molecular formula is C15H19N3O2. The van der Waals surface area contributed by atoms with Crippen LogP contribution in [0.2, 0.25) is 0 Å². The molecule has 20 heavy (non-hydrogen) atoms. The fraction of sp³-hybridized carbons (Fsp3) is 0.467. The minimum Gasteiger partial charge on any atom is -0.504 e. The molecule has 1 atom stereocenters. The van der Waals surface area contributed by atoms with Gasteiger partial charge < -0.3 is 14.4 Å². The van der Waals surface area contributed by atoms with Gasteiger partial charge in [-0.05, 0) is 37.8 Å². The van der Waals surface area contributed by atoms with E-state index in [0.717, 1.165) is 25.8 Å².